The van der Waals surface area contributed by atoms with Crippen LogP contribution in [0.25, 0.3) is 10.2 Å². The topological polar surface area (TPSA) is 101 Å². The Morgan fingerprint density at radius 3 is 2.67 bits per heavy atom. The average Bonchev–Trinajstić information content (AvgIpc) is 2.72. The highest BCUT2D eigenvalue weighted by molar-refractivity contribution is 7.20. The fourth-order valence-electron chi connectivity index (χ4n) is 1.91. The lowest BCUT2D eigenvalue weighted by molar-refractivity contribution is -0.137. The fourth-order valence-corrected chi connectivity index (χ4v) is 3.11. The Hall–Kier alpha value is -2.22. The number of thiophene rings is 1. The van der Waals surface area contributed by atoms with E-state index in [0.29, 0.717) is 20.7 Å². The van der Waals surface area contributed by atoms with Crippen molar-refractivity contribution in [2.75, 3.05) is 13.6 Å². The second-order valence-corrected chi connectivity index (χ2v) is 5.63. The Bertz CT molecular complexity index is 777. The zero-order chi connectivity index (χ0) is 15.7. The molecule has 21 heavy (non-hydrogen) atoms. The molecule has 7 nitrogen and oxygen atoms in total. The number of aryl methyl sites for hydroxylation is 2. The van der Waals surface area contributed by atoms with E-state index in [9.17, 15) is 14.4 Å². The first kappa shape index (κ1) is 15.2. The number of carboxylic acid groups (broad SMARTS) is 1. The number of hydrogen-bond acceptors (Lipinski definition) is 6. The van der Waals surface area contributed by atoms with Gasteiger partial charge in [-0.05, 0) is 12.5 Å². The van der Waals surface area contributed by atoms with Crippen LogP contribution in [0.3, 0.4) is 0 Å². The van der Waals surface area contributed by atoms with Gasteiger partial charge in [-0.1, -0.05) is 0 Å². The molecule has 0 radical (unpaired) electrons. The molecule has 0 aliphatic rings. The molecule has 0 bridgehead atoms. The monoisotopic (exact) mass is 310 g/mol. The zero-order valence-electron chi connectivity index (χ0n) is 11.8. The van der Waals surface area contributed by atoms with Crippen LogP contribution in [0.1, 0.15) is 27.5 Å². The molecule has 0 unspecified atom stereocenters. The highest BCUT2D eigenvalue weighted by atomic mass is 32.1. The molecule has 2 aromatic heterocycles. The van der Waals surface area contributed by atoms with E-state index in [1.165, 1.54) is 11.9 Å². The highest BCUT2D eigenvalue weighted by Crippen LogP contribution is 2.28. The Kier molecular flexibility index (Phi) is 4.08. The number of nitrogens with zero attached hydrogens (tertiary/aromatic N) is 2. The van der Waals surface area contributed by atoms with E-state index in [1.54, 1.807) is 13.8 Å². The molecular formula is C13H14N2O5S. The maximum Gasteiger partial charge on any atom is 0.348 e. The third-order valence-electron chi connectivity index (χ3n) is 3.03. The minimum absolute atomic E-state index is 0.100. The van der Waals surface area contributed by atoms with E-state index < -0.39 is 11.6 Å². The normalized spacial score (nSPS) is 10.8. The maximum absolute atomic E-state index is 12.3. The molecule has 0 saturated heterocycles. The van der Waals surface area contributed by atoms with Crippen LogP contribution in [0.4, 0.5) is 0 Å². The number of aromatic nitrogens is 1. The fraction of sp³-hybridized carbons (Fsp3) is 0.385. The van der Waals surface area contributed by atoms with E-state index in [1.807, 2.05) is 0 Å². The summed E-state index contributed by atoms with van der Waals surface area (Å²) in [7, 11) is 1.52. The SMILES string of the molecule is Cc1nc2sc(C(=O)N(C)CCC(=O)O)c(C)c2c(=O)o1. The Morgan fingerprint density at radius 2 is 2.05 bits per heavy atom. The molecular weight excluding hydrogens is 296 g/mol. The van der Waals surface area contributed by atoms with Crippen molar-refractivity contribution < 1.29 is 19.1 Å². The first-order valence-electron chi connectivity index (χ1n) is 6.19. The molecule has 2 rings (SSSR count). The predicted molar refractivity (Wildman–Crippen MR) is 76.8 cm³/mol. The van der Waals surface area contributed by atoms with Crippen molar-refractivity contribution in [3.8, 4) is 0 Å². The van der Waals surface area contributed by atoms with Crippen LogP contribution in [0.15, 0.2) is 9.21 Å². The molecule has 0 aromatic carbocycles. The third kappa shape index (κ3) is 2.94. The molecule has 1 amide bonds. The van der Waals surface area contributed by atoms with Gasteiger partial charge < -0.3 is 14.4 Å². The second kappa shape index (κ2) is 5.65. The molecule has 1 N–H and O–H groups in total. The molecule has 0 saturated carbocycles. The first-order chi connectivity index (χ1) is 9.81. The minimum atomic E-state index is -0.972. The van der Waals surface area contributed by atoms with Crippen molar-refractivity contribution >= 4 is 33.4 Å². The van der Waals surface area contributed by atoms with Crippen molar-refractivity contribution in [1.29, 1.82) is 0 Å². The summed E-state index contributed by atoms with van der Waals surface area (Å²) in [6.07, 6.45) is -0.133. The van der Waals surface area contributed by atoms with Gasteiger partial charge >= 0.3 is 11.6 Å². The first-order valence-corrected chi connectivity index (χ1v) is 7.01. The number of aliphatic carboxylic acids is 1. The van der Waals surface area contributed by atoms with Gasteiger partial charge in [0.25, 0.3) is 5.91 Å². The van der Waals surface area contributed by atoms with Crippen LogP contribution in [0.5, 0.6) is 0 Å². The van der Waals surface area contributed by atoms with Gasteiger partial charge in [-0.3, -0.25) is 9.59 Å². The van der Waals surface area contributed by atoms with Crippen LogP contribution >= 0.6 is 11.3 Å². The van der Waals surface area contributed by atoms with Gasteiger partial charge in [-0.2, -0.15) is 0 Å². The van der Waals surface area contributed by atoms with Crippen LogP contribution in [0.2, 0.25) is 0 Å². The molecule has 2 heterocycles. The van der Waals surface area contributed by atoms with E-state index in [-0.39, 0.29) is 24.8 Å². The van der Waals surface area contributed by atoms with Gasteiger partial charge in [0.15, 0.2) is 5.89 Å². The third-order valence-corrected chi connectivity index (χ3v) is 4.21. The number of carboxylic acids is 1. The highest BCUT2D eigenvalue weighted by Gasteiger charge is 2.22. The van der Waals surface area contributed by atoms with Gasteiger partial charge in [0, 0.05) is 20.5 Å². The lowest BCUT2D eigenvalue weighted by Gasteiger charge is -2.15. The number of rotatable bonds is 4. The average molecular weight is 310 g/mol. The van der Waals surface area contributed by atoms with Crippen molar-refractivity contribution in [3.05, 3.63) is 26.8 Å². The van der Waals surface area contributed by atoms with Gasteiger partial charge in [0.1, 0.15) is 10.2 Å². The summed E-state index contributed by atoms with van der Waals surface area (Å²) in [5, 5.41) is 8.96. The van der Waals surface area contributed by atoms with Crippen LogP contribution < -0.4 is 5.63 Å². The molecule has 0 spiro atoms. The van der Waals surface area contributed by atoms with Crippen molar-refractivity contribution in [2.24, 2.45) is 0 Å². The van der Waals surface area contributed by atoms with Crippen molar-refractivity contribution in [1.82, 2.24) is 9.88 Å². The molecule has 112 valence electrons. The summed E-state index contributed by atoms with van der Waals surface area (Å²) in [4.78, 5) is 41.0. The van der Waals surface area contributed by atoms with Gasteiger partial charge in [0.05, 0.1) is 11.3 Å². The van der Waals surface area contributed by atoms with Crippen molar-refractivity contribution in [3.63, 3.8) is 0 Å². The molecule has 0 aliphatic carbocycles. The largest absolute Gasteiger partial charge is 0.481 e. The predicted octanol–water partition coefficient (Wildman–Crippen LogP) is 1.41. The van der Waals surface area contributed by atoms with Crippen LogP contribution in [0, 0.1) is 13.8 Å². The smallest absolute Gasteiger partial charge is 0.348 e. The van der Waals surface area contributed by atoms with E-state index in [4.69, 9.17) is 9.52 Å². The summed E-state index contributed by atoms with van der Waals surface area (Å²) in [6, 6.07) is 0. The van der Waals surface area contributed by atoms with E-state index in [2.05, 4.69) is 4.98 Å². The Balaban J connectivity index is 2.40. The number of amides is 1. The molecule has 0 aliphatic heterocycles. The minimum Gasteiger partial charge on any atom is -0.481 e. The molecule has 0 fully saturated rings. The zero-order valence-corrected chi connectivity index (χ0v) is 12.6. The van der Waals surface area contributed by atoms with Gasteiger partial charge in [0.2, 0.25) is 0 Å². The summed E-state index contributed by atoms with van der Waals surface area (Å²) in [5.74, 6) is -1.05. The Labute approximate surface area is 123 Å². The van der Waals surface area contributed by atoms with Gasteiger partial charge in [-0.25, -0.2) is 9.78 Å². The van der Waals surface area contributed by atoms with Crippen LogP contribution in [-0.2, 0) is 4.79 Å². The quantitative estimate of drug-likeness (QED) is 0.916. The second-order valence-electron chi connectivity index (χ2n) is 4.63. The number of carbonyl (C=O) groups is 2. The van der Waals surface area contributed by atoms with Gasteiger partial charge in [-0.15, -0.1) is 11.3 Å². The summed E-state index contributed by atoms with van der Waals surface area (Å²) < 4.78 is 4.94. The number of hydrogen-bond donors (Lipinski definition) is 1. The standard InChI is InChI=1S/C13H14N2O5S/c1-6-9-11(14-7(2)20-13(9)19)21-10(6)12(18)15(3)5-4-8(16)17/h4-5H2,1-3H3,(H,16,17). The lowest BCUT2D eigenvalue weighted by Crippen LogP contribution is -2.28. The lowest BCUT2D eigenvalue weighted by atomic mass is 10.2. The van der Waals surface area contributed by atoms with Crippen LogP contribution in [-0.4, -0.2) is 40.5 Å². The van der Waals surface area contributed by atoms with Crippen molar-refractivity contribution in [2.45, 2.75) is 20.3 Å². The summed E-state index contributed by atoms with van der Waals surface area (Å²) >= 11 is 1.11. The molecule has 8 heteroatoms. The number of fused-ring (bicyclic) bond motifs is 1. The maximum atomic E-state index is 12.3. The summed E-state index contributed by atoms with van der Waals surface area (Å²) in [6.45, 7) is 3.32. The van der Waals surface area contributed by atoms with E-state index in [0.717, 1.165) is 11.3 Å². The number of carbonyl (C=O) groups excluding carboxylic acids is 1. The van der Waals surface area contributed by atoms with E-state index >= 15 is 0 Å². The molecule has 2 aromatic rings. The Morgan fingerprint density at radius 1 is 1.38 bits per heavy atom. The summed E-state index contributed by atoms with van der Waals surface area (Å²) in [5.41, 5.74) is 0.00177. The molecule has 0 atom stereocenters.